The summed E-state index contributed by atoms with van der Waals surface area (Å²) in [6.45, 7) is 7.71. The van der Waals surface area contributed by atoms with Gasteiger partial charge < -0.3 is 10.2 Å². The molecule has 1 aliphatic heterocycles. The van der Waals surface area contributed by atoms with Gasteiger partial charge in [-0.25, -0.2) is 0 Å². The predicted octanol–water partition coefficient (Wildman–Crippen LogP) is 1.79. The standard InChI is InChI=1S/C12H20N2O/c1-4-6-12(10(2)3)14-15-9-11-7-5-8-13-11/h10-11,13H,5,7-9H2,1-3H3/b14-12+/t11-/m0/s1. The van der Waals surface area contributed by atoms with E-state index in [4.69, 9.17) is 4.84 Å². The second kappa shape index (κ2) is 6.47. The minimum Gasteiger partial charge on any atom is -0.393 e. The number of nitrogens with zero attached hydrogens (tertiary/aromatic N) is 1. The summed E-state index contributed by atoms with van der Waals surface area (Å²) in [5.74, 6) is 6.14. The van der Waals surface area contributed by atoms with Crippen molar-refractivity contribution in [3.05, 3.63) is 0 Å². The van der Waals surface area contributed by atoms with Crippen molar-refractivity contribution in [3.8, 4) is 11.8 Å². The lowest BCUT2D eigenvalue weighted by atomic mass is 10.1. The van der Waals surface area contributed by atoms with E-state index in [0.29, 0.717) is 18.6 Å². The molecule has 0 aromatic rings. The van der Waals surface area contributed by atoms with E-state index < -0.39 is 0 Å². The molecule has 0 spiro atoms. The maximum Gasteiger partial charge on any atom is 0.132 e. The summed E-state index contributed by atoms with van der Waals surface area (Å²) in [7, 11) is 0. The van der Waals surface area contributed by atoms with E-state index in [1.165, 1.54) is 12.8 Å². The number of nitrogens with one attached hydrogen (secondary N) is 1. The van der Waals surface area contributed by atoms with Crippen molar-refractivity contribution in [2.75, 3.05) is 13.2 Å². The average molecular weight is 208 g/mol. The molecule has 84 valence electrons. The lowest BCUT2D eigenvalue weighted by Crippen LogP contribution is -2.26. The molecule has 1 atom stereocenters. The summed E-state index contributed by atoms with van der Waals surface area (Å²) in [5.41, 5.74) is 0.829. The Hall–Kier alpha value is -1.01. The van der Waals surface area contributed by atoms with Crippen molar-refractivity contribution in [2.24, 2.45) is 11.1 Å². The van der Waals surface area contributed by atoms with E-state index in [2.05, 4.69) is 36.2 Å². The van der Waals surface area contributed by atoms with Gasteiger partial charge in [0.1, 0.15) is 12.3 Å². The third-order valence-electron chi connectivity index (χ3n) is 2.40. The molecule has 0 aromatic carbocycles. The summed E-state index contributed by atoms with van der Waals surface area (Å²) < 4.78 is 0. The lowest BCUT2D eigenvalue weighted by molar-refractivity contribution is 0.124. The van der Waals surface area contributed by atoms with E-state index in [1.807, 2.05) is 6.92 Å². The minimum atomic E-state index is 0.328. The van der Waals surface area contributed by atoms with Gasteiger partial charge in [-0.2, -0.15) is 0 Å². The Morgan fingerprint density at radius 3 is 2.93 bits per heavy atom. The number of hydrogen-bond acceptors (Lipinski definition) is 3. The Kier molecular flexibility index (Phi) is 5.20. The van der Waals surface area contributed by atoms with Crippen molar-refractivity contribution >= 4 is 5.71 Å². The average Bonchev–Trinajstić information content (AvgIpc) is 2.69. The number of oxime groups is 1. The largest absolute Gasteiger partial charge is 0.393 e. The first-order chi connectivity index (χ1) is 7.24. The van der Waals surface area contributed by atoms with Crippen LogP contribution < -0.4 is 5.32 Å². The summed E-state index contributed by atoms with van der Waals surface area (Å²) in [5, 5.41) is 7.44. The van der Waals surface area contributed by atoms with Crippen LogP contribution in [0.25, 0.3) is 0 Å². The van der Waals surface area contributed by atoms with Crippen LogP contribution in [0.3, 0.4) is 0 Å². The summed E-state index contributed by atoms with van der Waals surface area (Å²) in [4.78, 5) is 5.32. The van der Waals surface area contributed by atoms with Crippen LogP contribution in [-0.2, 0) is 4.84 Å². The Morgan fingerprint density at radius 1 is 1.60 bits per heavy atom. The summed E-state index contributed by atoms with van der Waals surface area (Å²) in [6.07, 6.45) is 2.43. The SMILES string of the molecule is CC#C/C(=N\OC[C@@H]1CCCN1)C(C)C. The fourth-order valence-corrected chi connectivity index (χ4v) is 1.50. The van der Waals surface area contributed by atoms with Crippen molar-refractivity contribution in [1.82, 2.24) is 5.32 Å². The molecule has 3 heteroatoms. The van der Waals surface area contributed by atoms with Gasteiger partial charge in [0, 0.05) is 12.0 Å². The molecule has 1 aliphatic rings. The zero-order valence-corrected chi connectivity index (χ0v) is 9.84. The van der Waals surface area contributed by atoms with Gasteiger partial charge >= 0.3 is 0 Å². The molecule has 0 bridgehead atoms. The smallest absolute Gasteiger partial charge is 0.132 e. The minimum absolute atomic E-state index is 0.328. The molecule has 0 amide bonds. The van der Waals surface area contributed by atoms with Gasteiger partial charge in [-0.1, -0.05) is 24.9 Å². The molecule has 15 heavy (non-hydrogen) atoms. The van der Waals surface area contributed by atoms with E-state index in [-0.39, 0.29) is 0 Å². The normalized spacial score (nSPS) is 21.3. The highest BCUT2D eigenvalue weighted by Crippen LogP contribution is 2.05. The van der Waals surface area contributed by atoms with Crippen molar-refractivity contribution in [1.29, 1.82) is 0 Å². The van der Waals surface area contributed by atoms with Crippen LogP contribution >= 0.6 is 0 Å². The van der Waals surface area contributed by atoms with Crippen LogP contribution in [-0.4, -0.2) is 24.9 Å². The Balaban J connectivity index is 2.34. The molecule has 0 aromatic heterocycles. The second-order valence-electron chi connectivity index (χ2n) is 4.10. The molecule has 1 rings (SSSR count). The third-order valence-corrected chi connectivity index (χ3v) is 2.40. The lowest BCUT2D eigenvalue weighted by Gasteiger charge is -2.09. The quantitative estimate of drug-likeness (QED) is 0.434. The van der Waals surface area contributed by atoms with E-state index >= 15 is 0 Å². The van der Waals surface area contributed by atoms with Crippen LogP contribution in [0.5, 0.6) is 0 Å². The highest BCUT2D eigenvalue weighted by molar-refractivity contribution is 6.01. The first-order valence-corrected chi connectivity index (χ1v) is 5.60. The molecular formula is C12H20N2O. The predicted molar refractivity (Wildman–Crippen MR) is 62.7 cm³/mol. The fourth-order valence-electron chi connectivity index (χ4n) is 1.50. The Morgan fingerprint density at radius 2 is 2.40 bits per heavy atom. The Labute approximate surface area is 92.3 Å². The summed E-state index contributed by atoms with van der Waals surface area (Å²) >= 11 is 0. The van der Waals surface area contributed by atoms with Crippen LogP contribution in [0.2, 0.25) is 0 Å². The van der Waals surface area contributed by atoms with Crippen LogP contribution in [0.4, 0.5) is 0 Å². The van der Waals surface area contributed by atoms with Gasteiger partial charge in [-0.05, 0) is 32.2 Å². The second-order valence-corrected chi connectivity index (χ2v) is 4.10. The highest BCUT2D eigenvalue weighted by Gasteiger charge is 2.14. The zero-order valence-electron chi connectivity index (χ0n) is 9.84. The van der Waals surface area contributed by atoms with Gasteiger partial charge in [0.25, 0.3) is 0 Å². The van der Waals surface area contributed by atoms with Crippen molar-refractivity contribution in [2.45, 2.75) is 39.7 Å². The summed E-state index contributed by atoms with van der Waals surface area (Å²) in [6, 6.07) is 0.469. The molecule has 3 nitrogen and oxygen atoms in total. The van der Waals surface area contributed by atoms with Gasteiger partial charge in [-0.3, -0.25) is 0 Å². The monoisotopic (exact) mass is 208 g/mol. The third kappa shape index (κ3) is 4.35. The van der Waals surface area contributed by atoms with Crippen molar-refractivity contribution in [3.63, 3.8) is 0 Å². The first kappa shape index (κ1) is 12.1. The topological polar surface area (TPSA) is 33.6 Å². The number of rotatable bonds is 4. The molecular weight excluding hydrogens is 188 g/mol. The Bertz CT molecular complexity index is 267. The molecule has 0 aliphatic carbocycles. The molecule has 0 unspecified atom stereocenters. The molecule has 1 saturated heterocycles. The molecule has 0 radical (unpaired) electrons. The zero-order chi connectivity index (χ0) is 11.1. The van der Waals surface area contributed by atoms with Crippen molar-refractivity contribution < 1.29 is 4.84 Å². The van der Waals surface area contributed by atoms with Gasteiger partial charge in [0.05, 0.1) is 0 Å². The van der Waals surface area contributed by atoms with E-state index in [0.717, 1.165) is 12.3 Å². The van der Waals surface area contributed by atoms with Gasteiger partial charge in [0.2, 0.25) is 0 Å². The van der Waals surface area contributed by atoms with Crippen LogP contribution in [0.15, 0.2) is 5.16 Å². The maximum atomic E-state index is 5.32. The van der Waals surface area contributed by atoms with Gasteiger partial charge in [0.15, 0.2) is 0 Å². The number of hydrogen-bond donors (Lipinski definition) is 1. The van der Waals surface area contributed by atoms with E-state index in [9.17, 15) is 0 Å². The van der Waals surface area contributed by atoms with E-state index in [1.54, 1.807) is 0 Å². The van der Waals surface area contributed by atoms with Gasteiger partial charge in [-0.15, -0.1) is 0 Å². The molecule has 1 heterocycles. The van der Waals surface area contributed by atoms with Crippen LogP contribution in [0, 0.1) is 17.8 Å². The first-order valence-electron chi connectivity index (χ1n) is 5.60. The molecule has 1 fully saturated rings. The molecule has 0 saturated carbocycles. The molecule has 1 N–H and O–H groups in total. The maximum absolute atomic E-state index is 5.32. The fraction of sp³-hybridized carbons (Fsp3) is 0.750. The van der Waals surface area contributed by atoms with Crippen LogP contribution in [0.1, 0.15) is 33.6 Å². The highest BCUT2D eigenvalue weighted by atomic mass is 16.6.